The number of rotatable bonds is 8. The lowest BCUT2D eigenvalue weighted by atomic mass is 10.1. The van der Waals surface area contributed by atoms with Crippen molar-refractivity contribution in [3.05, 3.63) is 89.5 Å². The number of thiazole rings is 1. The van der Waals surface area contributed by atoms with E-state index in [2.05, 4.69) is 27.8 Å². The Morgan fingerprint density at radius 2 is 1.66 bits per heavy atom. The molecular weight excluding hydrogens is 518 g/mol. The van der Waals surface area contributed by atoms with Gasteiger partial charge in [-0.05, 0) is 48.7 Å². The van der Waals surface area contributed by atoms with E-state index in [-0.39, 0.29) is 11.8 Å². The van der Waals surface area contributed by atoms with Crippen molar-refractivity contribution in [2.75, 3.05) is 44.0 Å². The van der Waals surface area contributed by atoms with Crippen LogP contribution in [-0.2, 0) is 20.7 Å². The van der Waals surface area contributed by atoms with E-state index in [4.69, 9.17) is 9.47 Å². The number of anilines is 1. The number of fused-ring (bicyclic) bond motifs is 1. The third-order valence-corrected chi connectivity index (χ3v) is 7.83. The number of nitrogens with zero attached hydrogens (tertiary/aromatic N) is 1. The summed E-state index contributed by atoms with van der Waals surface area (Å²) in [4.78, 5) is 29.3. The van der Waals surface area contributed by atoms with Crippen LogP contribution in [0.5, 0.6) is 0 Å². The largest absolute Gasteiger partial charge is 0.377 e. The fraction of sp³-hybridized carbons (Fsp3) is 0.276. The van der Waals surface area contributed by atoms with E-state index in [1.54, 1.807) is 0 Å². The van der Waals surface area contributed by atoms with Crippen LogP contribution in [0.3, 0.4) is 0 Å². The third kappa shape index (κ3) is 8.66. The van der Waals surface area contributed by atoms with Gasteiger partial charge < -0.3 is 20.1 Å². The van der Waals surface area contributed by atoms with Crippen LogP contribution in [0.2, 0.25) is 0 Å². The number of carbonyl (C=O) groups is 2. The molecule has 1 saturated heterocycles. The van der Waals surface area contributed by atoms with Gasteiger partial charge in [0.1, 0.15) is 0 Å². The van der Waals surface area contributed by atoms with E-state index in [1.807, 2.05) is 67.6 Å². The standard InChI is InChI=1S/C25H23N3O2S2.C4H8O2/c1-17-7-5-6-10-20(17)24(30)27-19-11-12-21-22(15-19)32-25(28-21)31-16-23(29)26-14-13-18-8-3-2-4-9-18;1-2-6-4-3-5-1/h2-12,15H,13-14,16H2,1H3,(H,26,29)(H,27,30);1-4H2. The maximum Gasteiger partial charge on any atom is 0.255 e. The van der Waals surface area contributed by atoms with E-state index in [0.717, 1.165) is 58.7 Å². The second-order valence-electron chi connectivity index (χ2n) is 8.53. The van der Waals surface area contributed by atoms with Crippen molar-refractivity contribution >= 4 is 50.8 Å². The van der Waals surface area contributed by atoms with Crippen molar-refractivity contribution in [1.29, 1.82) is 0 Å². The number of carbonyl (C=O) groups excluding carboxylic acids is 2. The first-order valence-corrected chi connectivity index (χ1v) is 14.3. The Kier molecular flexibility index (Phi) is 10.7. The van der Waals surface area contributed by atoms with Gasteiger partial charge in [0.2, 0.25) is 5.91 Å². The minimum atomic E-state index is -0.131. The van der Waals surface area contributed by atoms with Crippen molar-refractivity contribution < 1.29 is 19.1 Å². The molecule has 38 heavy (non-hydrogen) atoms. The molecule has 7 nitrogen and oxygen atoms in total. The highest BCUT2D eigenvalue weighted by Crippen LogP contribution is 2.31. The lowest BCUT2D eigenvalue weighted by molar-refractivity contribution is -0.118. The predicted octanol–water partition coefficient (Wildman–Crippen LogP) is 5.34. The second-order valence-corrected chi connectivity index (χ2v) is 10.8. The van der Waals surface area contributed by atoms with Crippen LogP contribution in [0, 0.1) is 6.92 Å². The molecule has 198 valence electrons. The molecule has 2 N–H and O–H groups in total. The number of hydrogen-bond acceptors (Lipinski definition) is 7. The molecule has 0 radical (unpaired) electrons. The van der Waals surface area contributed by atoms with Crippen molar-refractivity contribution in [2.24, 2.45) is 0 Å². The predicted molar refractivity (Wildman–Crippen MR) is 154 cm³/mol. The molecule has 2 heterocycles. The minimum absolute atomic E-state index is 0.00336. The highest BCUT2D eigenvalue weighted by molar-refractivity contribution is 8.01. The van der Waals surface area contributed by atoms with Crippen LogP contribution >= 0.6 is 23.1 Å². The molecule has 0 unspecified atom stereocenters. The number of ether oxygens (including phenoxy) is 2. The maximum atomic E-state index is 12.6. The van der Waals surface area contributed by atoms with E-state index in [9.17, 15) is 9.59 Å². The summed E-state index contributed by atoms with van der Waals surface area (Å²) in [6.45, 7) is 5.65. The zero-order valence-corrected chi connectivity index (χ0v) is 22.9. The van der Waals surface area contributed by atoms with Crippen LogP contribution in [-0.4, -0.2) is 55.5 Å². The van der Waals surface area contributed by atoms with Gasteiger partial charge >= 0.3 is 0 Å². The molecule has 3 aromatic carbocycles. The summed E-state index contributed by atoms with van der Waals surface area (Å²) in [5, 5.41) is 5.91. The molecule has 0 atom stereocenters. The van der Waals surface area contributed by atoms with Crippen LogP contribution in [0.15, 0.2) is 77.1 Å². The average molecular weight is 550 g/mol. The van der Waals surface area contributed by atoms with Gasteiger partial charge in [0.15, 0.2) is 4.34 Å². The third-order valence-electron chi connectivity index (χ3n) is 5.67. The molecule has 1 fully saturated rings. The number of hydrogen-bond donors (Lipinski definition) is 2. The van der Waals surface area contributed by atoms with Crippen LogP contribution < -0.4 is 10.6 Å². The van der Waals surface area contributed by atoms with Crippen molar-refractivity contribution in [2.45, 2.75) is 17.7 Å². The van der Waals surface area contributed by atoms with Gasteiger partial charge in [-0.1, -0.05) is 60.3 Å². The van der Waals surface area contributed by atoms with Crippen molar-refractivity contribution in [3.8, 4) is 0 Å². The van der Waals surface area contributed by atoms with E-state index in [0.29, 0.717) is 17.9 Å². The molecule has 2 amide bonds. The molecule has 1 aromatic heterocycles. The molecule has 1 aliphatic rings. The van der Waals surface area contributed by atoms with Gasteiger partial charge in [-0.25, -0.2) is 4.98 Å². The molecule has 4 aromatic rings. The first-order chi connectivity index (χ1) is 18.6. The van der Waals surface area contributed by atoms with E-state index in [1.165, 1.54) is 28.7 Å². The topological polar surface area (TPSA) is 89.6 Å². The summed E-state index contributed by atoms with van der Waals surface area (Å²) >= 11 is 2.95. The Labute approximate surface area is 231 Å². The lowest BCUT2D eigenvalue weighted by Gasteiger charge is -2.09. The Bertz CT molecular complexity index is 1330. The summed E-state index contributed by atoms with van der Waals surface area (Å²) < 4.78 is 11.7. The zero-order chi connectivity index (χ0) is 26.6. The van der Waals surface area contributed by atoms with Gasteiger partial charge in [-0.3, -0.25) is 9.59 Å². The second kappa shape index (κ2) is 14.6. The summed E-state index contributed by atoms with van der Waals surface area (Å²) in [6.07, 6.45) is 0.815. The smallest absolute Gasteiger partial charge is 0.255 e. The quantitative estimate of drug-likeness (QED) is 0.289. The summed E-state index contributed by atoms with van der Waals surface area (Å²) in [5.41, 5.74) is 4.38. The zero-order valence-electron chi connectivity index (χ0n) is 21.3. The molecule has 0 aliphatic carbocycles. The Balaban J connectivity index is 0.000000494. The number of amides is 2. The van der Waals surface area contributed by atoms with Crippen LogP contribution in [0.4, 0.5) is 5.69 Å². The molecular formula is C29H31N3O4S2. The molecule has 0 spiro atoms. The SMILES string of the molecule is C1COCCO1.Cc1ccccc1C(=O)Nc1ccc2nc(SCC(=O)NCCc3ccccc3)sc2c1. The normalized spacial score (nSPS) is 12.9. The summed E-state index contributed by atoms with van der Waals surface area (Å²) in [5.74, 6) is 0.191. The molecule has 0 saturated carbocycles. The fourth-order valence-corrected chi connectivity index (χ4v) is 5.62. The Hall–Kier alpha value is -3.24. The average Bonchev–Trinajstić information content (AvgIpc) is 3.36. The molecule has 0 bridgehead atoms. The highest BCUT2D eigenvalue weighted by Gasteiger charge is 2.11. The number of benzene rings is 3. The van der Waals surface area contributed by atoms with Crippen molar-refractivity contribution in [3.63, 3.8) is 0 Å². The number of thioether (sulfide) groups is 1. The fourth-order valence-electron chi connectivity index (χ4n) is 3.68. The van der Waals surface area contributed by atoms with Crippen LogP contribution in [0.1, 0.15) is 21.5 Å². The monoisotopic (exact) mass is 549 g/mol. The molecule has 5 rings (SSSR count). The van der Waals surface area contributed by atoms with Gasteiger partial charge in [0.05, 0.1) is 42.4 Å². The van der Waals surface area contributed by atoms with Gasteiger partial charge in [0, 0.05) is 17.8 Å². The maximum absolute atomic E-state index is 12.6. The van der Waals surface area contributed by atoms with Crippen molar-refractivity contribution in [1.82, 2.24) is 10.3 Å². The summed E-state index contributed by atoms with van der Waals surface area (Å²) in [7, 11) is 0. The Morgan fingerprint density at radius 3 is 2.37 bits per heavy atom. The van der Waals surface area contributed by atoms with Crippen LogP contribution in [0.25, 0.3) is 10.2 Å². The summed E-state index contributed by atoms with van der Waals surface area (Å²) in [6, 6.07) is 23.3. The number of aromatic nitrogens is 1. The van der Waals surface area contributed by atoms with E-state index >= 15 is 0 Å². The minimum Gasteiger partial charge on any atom is -0.377 e. The Morgan fingerprint density at radius 1 is 0.947 bits per heavy atom. The number of aryl methyl sites for hydroxylation is 1. The first-order valence-electron chi connectivity index (χ1n) is 12.4. The highest BCUT2D eigenvalue weighted by atomic mass is 32.2. The molecule has 1 aliphatic heterocycles. The van der Waals surface area contributed by atoms with E-state index < -0.39 is 0 Å². The lowest BCUT2D eigenvalue weighted by Crippen LogP contribution is -2.27. The van der Waals surface area contributed by atoms with Gasteiger partial charge in [-0.15, -0.1) is 11.3 Å². The van der Waals surface area contributed by atoms with Gasteiger partial charge in [0.25, 0.3) is 5.91 Å². The number of nitrogens with one attached hydrogen (secondary N) is 2. The van der Waals surface area contributed by atoms with Gasteiger partial charge in [-0.2, -0.15) is 0 Å². The first kappa shape index (κ1) is 27.8. The molecule has 9 heteroatoms.